The number of hydrogen-bond acceptors (Lipinski definition) is 5. The lowest BCUT2D eigenvalue weighted by molar-refractivity contribution is -0.131. The standard InChI is InChI=1S/C17H24N2O4S/c1-18(9-13-3-5-15(23-2)6-4-13)17(20)12-19-10-14-7-8-24(21,22)16(14)11-19/h3-6,14,16H,7-12H2,1-2H3/t14-,16+/m0/s1. The minimum atomic E-state index is -2.95. The smallest absolute Gasteiger partial charge is 0.236 e. The fraction of sp³-hybridized carbons (Fsp3) is 0.588. The van der Waals surface area contributed by atoms with Crippen LogP contribution in [0.1, 0.15) is 12.0 Å². The molecule has 24 heavy (non-hydrogen) atoms. The quantitative estimate of drug-likeness (QED) is 0.783. The molecule has 132 valence electrons. The van der Waals surface area contributed by atoms with Gasteiger partial charge < -0.3 is 9.64 Å². The van der Waals surface area contributed by atoms with Crippen molar-refractivity contribution >= 4 is 15.7 Å². The molecular weight excluding hydrogens is 328 g/mol. The number of likely N-dealkylation sites (tertiary alicyclic amines) is 1. The second kappa shape index (κ2) is 6.72. The van der Waals surface area contributed by atoms with Gasteiger partial charge in [0.05, 0.1) is 24.7 Å². The molecule has 0 bridgehead atoms. The Bertz CT molecular complexity index is 702. The second-order valence-electron chi connectivity index (χ2n) is 6.75. The van der Waals surface area contributed by atoms with Crippen LogP contribution in [-0.4, -0.2) is 68.9 Å². The molecule has 2 heterocycles. The lowest BCUT2D eigenvalue weighted by Crippen LogP contribution is -2.38. The average Bonchev–Trinajstić information content (AvgIpc) is 3.08. The minimum absolute atomic E-state index is 0.0168. The van der Waals surface area contributed by atoms with Crippen molar-refractivity contribution in [2.24, 2.45) is 5.92 Å². The molecule has 1 aromatic rings. The van der Waals surface area contributed by atoms with E-state index in [0.717, 1.165) is 17.7 Å². The highest BCUT2D eigenvalue weighted by Gasteiger charge is 2.46. The average molecular weight is 352 g/mol. The largest absolute Gasteiger partial charge is 0.497 e. The Labute approximate surface area is 143 Å². The van der Waals surface area contributed by atoms with Gasteiger partial charge >= 0.3 is 0 Å². The van der Waals surface area contributed by atoms with Gasteiger partial charge in [-0.15, -0.1) is 0 Å². The van der Waals surface area contributed by atoms with Crippen molar-refractivity contribution in [3.63, 3.8) is 0 Å². The third-order valence-electron chi connectivity index (χ3n) is 5.05. The molecular formula is C17H24N2O4S. The van der Waals surface area contributed by atoms with Gasteiger partial charge in [0.25, 0.3) is 0 Å². The van der Waals surface area contributed by atoms with Crippen LogP contribution in [0, 0.1) is 5.92 Å². The third kappa shape index (κ3) is 3.57. The van der Waals surface area contributed by atoms with Gasteiger partial charge in [0, 0.05) is 26.7 Å². The molecule has 2 saturated heterocycles. The molecule has 0 unspecified atom stereocenters. The van der Waals surface area contributed by atoms with Gasteiger partial charge in [0.15, 0.2) is 9.84 Å². The predicted octanol–water partition coefficient (Wildman–Crippen LogP) is 0.773. The van der Waals surface area contributed by atoms with Crippen molar-refractivity contribution in [3.8, 4) is 5.75 Å². The van der Waals surface area contributed by atoms with E-state index in [1.807, 2.05) is 29.2 Å². The number of amides is 1. The Balaban J connectivity index is 1.53. The molecule has 3 rings (SSSR count). The van der Waals surface area contributed by atoms with Gasteiger partial charge in [-0.1, -0.05) is 12.1 Å². The van der Waals surface area contributed by atoms with Crippen LogP contribution in [0.5, 0.6) is 5.75 Å². The highest BCUT2D eigenvalue weighted by Crippen LogP contribution is 2.33. The van der Waals surface area contributed by atoms with Crippen molar-refractivity contribution in [1.82, 2.24) is 9.80 Å². The van der Waals surface area contributed by atoms with E-state index in [1.54, 1.807) is 19.1 Å². The summed E-state index contributed by atoms with van der Waals surface area (Å²) < 4.78 is 29.1. The van der Waals surface area contributed by atoms with Crippen LogP contribution in [-0.2, 0) is 21.2 Å². The lowest BCUT2D eigenvalue weighted by atomic mass is 10.1. The van der Waals surface area contributed by atoms with Gasteiger partial charge in [-0.3, -0.25) is 9.69 Å². The first-order chi connectivity index (χ1) is 11.4. The van der Waals surface area contributed by atoms with E-state index < -0.39 is 9.84 Å². The zero-order chi connectivity index (χ0) is 17.3. The number of fused-ring (bicyclic) bond motifs is 1. The predicted molar refractivity (Wildman–Crippen MR) is 91.6 cm³/mol. The van der Waals surface area contributed by atoms with Crippen molar-refractivity contribution in [2.75, 3.05) is 39.5 Å². The Hall–Kier alpha value is -1.60. The van der Waals surface area contributed by atoms with Crippen LogP contribution in [0.2, 0.25) is 0 Å². The molecule has 0 N–H and O–H groups in total. The maximum absolute atomic E-state index is 12.4. The second-order valence-corrected chi connectivity index (χ2v) is 9.09. The zero-order valence-electron chi connectivity index (χ0n) is 14.1. The molecule has 0 aliphatic carbocycles. The van der Waals surface area contributed by atoms with E-state index in [9.17, 15) is 13.2 Å². The third-order valence-corrected chi connectivity index (χ3v) is 7.32. The number of hydrogen-bond donors (Lipinski definition) is 0. The molecule has 1 amide bonds. The van der Waals surface area contributed by atoms with Gasteiger partial charge in [0.2, 0.25) is 5.91 Å². The molecule has 1 aromatic carbocycles. The fourth-order valence-electron chi connectivity index (χ4n) is 3.61. The molecule has 0 aromatic heterocycles. The maximum atomic E-state index is 12.4. The highest BCUT2D eigenvalue weighted by molar-refractivity contribution is 7.92. The number of sulfone groups is 1. The van der Waals surface area contributed by atoms with Gasteiger partial charge in [-0.25, -0.2) is 8.42 Å². The van der Waals surface area contributed by atoms with Crippen molar-refractivity contribution < 1.29 is 17.9 Å². The van der Waals surface area contributed by atoms with Crippen LogP contribution in [0.15, 0.2) is 24.3 Å². The number of methoxy groups -OCH3 is 1. The molecule has 2 aliphatic heterocycles. The summed E-state index contributed by atoms with van der Waals surface area (Å²) >= 11 is 0. The summed E-state index contributed by atoms with van der Waals surface area (Å²) in [6.45, 7) is 2.03. The summed E-state index contributed by atoms with van der Waals surface area (Å²) in [7, 11) is 0.453. The van der Waals surface area contributed by atoms with Crippen LogP contribution in [0.25, 0.3) is 0 Å². The number of likely N-dealkylation sites (N-methyl/N-ethyl adjacent to an activating group) is 1. The van der Waals surface area contributed by atoms with E-state index in [-0.39, 0.29) is 23.6 Å². The number of nitrogens with zero attached hydrogens (tertiary/aromatic N) is 2. The Morgan fingerprint density at radius 2 is 2.00 bits per heavy atom. The summed E-state index contributed by atoms with van der Waals surface area (Å²) in [5.74, 6) is 1.32. The monoisotopic (exact) mass is 352 g/mol. The van der Waals surface area contributed by atoms with E-state index in [0.29, 0.717) is 25.4 Å². The van der Waals surface area contributed by atoms with Crippen molar-refractivity contribution in [3.05, 3.63) is 29.8 Å². The summed E-state index contributed by atoms with van der Waals surface area (Å²) in [6.07, 6.45) is 0.735. The number of rotatable bonds is 5. The van der Waals surface area contributed by atoms with Gasteiger partial charge in [-0.05, 0) is 30.0 Å². The van der Waals surface area contributed by atoms with Crippen molar-refractivity contribution in [2.45, 2.75) is 18.2 Å². The Morgan fingerprint density at radius 3 is 2.62 bits per heavy atom. The molecule has 6 nitrogen and oxygen atoms in total. The van der Waals surface area contributed by atoms with E-state index in [4.69, 9.17) is 4.74 Å². The first kappa shape index (κ1) is 17.2. The summed E-state index contributed by atoms with van der Waals surface area (Å²) in [5.41, 5.74) is 1.03. The summed E-state index contributed by atoms with van der Waals surface area (Å²) in [4.78, 5) is 16.1. The normalized spacial score (nSPS) is 25.4. The topological polar surface area (TPSA) is 66.9 Å². The van der Waals surface area contributed by atoms with Gasteiger partial charge in [-0.2, -0.15) is 0 Å². The van der Waals surface area contributed by atoms with Crippen LogP contribution in [0.3, 0.4) is 0 Å². The molecule has 0 spiro atoms. The fourth-order valence-corrected chi connectivity index (χ4v) is 5.79. The number of carbonyl (C=O) groups is 1. The van der Waals surface area contributed by atoms with Gasteiger partial charge in [0.1, 0.15) is 5.75 Å². The molecule has 2 aliphatic rings. The van der Waals surface area contributed by atoms with Crippen LogP contribution < -0.4 is 4.74 Å². The van der Waals surface area contributed by atoms with E-state index >= 15 is 0 Å². The molecule has 2 fully saturated rings. The molecule has 0 radical (unpaired) electrons. The molecule has 7 heteroatoms. The SMILES string of the molecule is COc1ccc(CN(C)C(=O)CN2C[C@@H]3CCS(=O)(=O)[C@@H]3C2)cc1. The van der Waals surface area contributed by atoms with E-state index in [1.165, 1.54) is 0 Å². The lowest BCUT2D eigenvalue weighted by Gasteiger charge is -2.22. The van der Waals surface area contributed by atoms with Crippen LogP contribution in [0.4, 0.5) is 0 Å². The summed E-state index contributed by atoms with van der Waals surface area (Å²) in [5, 5.41) is -0.266. The highest BCUT2D eigenvalue weighted by atomic mass is 32.2. The molecule has 0 saturated carbocycles. The number of ether oxygens (including phenoxy) is 1. The first-order valence-electron chi connectivity index (χ1n) is 8.20. The number of carbonyl (C=O) groups excluding carboxylic acids is 1. The maximum Gasteiger partial charge on any atom is 0.236 e. The van der Waals surface area contributed by atoms with Crippen molar-refractivity contribution in [1.29, 1.82) is 0 Å². The zero-order valence-corrected chi connectivity index (χ0v) is 15.0. The Morgan fingerprint density at radius 1 is 1.29 bits per heavy atom. The summed E-state index contributed by atoms with van der Waals surface area (Å²) in [6, 6.07) is 7.63. The van der Waals surface area contributed by atoms with E-state index in [2.05, 4.69) is 0 Å². The van der Waals surface area contributed by atoms with Crippen LogP contribution >= 0.6 is 0 Å². The minimum Gasteiger partial charge on any atom is -0.497 e. The number of benzene rings is 1. The molecule has 2 atom stereocenters. The first-order valence-corrected chi connectivity index (χ1v) is 9.91. The Kier molecular flexibility index (Phi) is 4.83.